The van der Waals surface area contributed by atoms with Crippen LogP contribution in [0.2, 0.25) is 0 Å². The van der Waals surface area contributed by atoms with Gasteiger partial charge in [0.05, 0.1) is 13.2 Å². The van der Waals surface area contributed by atoms with Crippen LogP contribution < -0.4 is 10.2 Å². The maximum atomic E-state index is 5.85. The van der Waals surface area contributed by atoms with Gasteiger partial charge in [0, 0.05) is 5.56 Å². The number of rotatable bonds is 3. The lowest BCUT2D eigenvalue weighted by Crippen LogP contribution is -2.27. The van der Waals surface area contributed by atoms with Crippen molar-refractivity contribution >= 4 is 0 Å². The van der Waals surface area contributed by atoms with Crippen LogP contribution in [0.5, 0.6) is 5.75 Å². The van der Waals surface area contributed by atoms with Crippen molar-refractivity contribution in [3.63, 3.8) is 0 Å². The molecule has 0 fully saturated rings. The predicted octanol–water partition coefficient (Wildman–Crippen LogP) is 2.22. The molecule has 1 heterocycles. The lowest BCUT2D eigenvalue weighted by molar-refractivity contribution is 0.0338. The van der Waals surface area contributed by atoms with Gasteiger partial charge in [0.15, 0.2) is 0 Å². The third-order valence-corrected chi connectivity index (χ3v) is 2.86. The first kappa shape index (κ1) is 10.5. The van der Waals surface area contributed by atoms with E-state index in [4.69, 9.17) is 9.57 Å². The smallest absolute Gasteiger partial charge is 0.127 e. The Balaban J connectivity index is 2.37. The summed E-state index contributed by atoms with van der Waals surface area (Å²) in [7, 11) is 1.63. The average molecular weight is 207 g/mol. The van der Waals surface area contributed by atoms with Crippen molar-refractivity contribution in [3.05, 3.63) is 29.3 Å². The van der Waals surface area contributed by atoms with E-state index in [1.165, 1.54) is 11.1 Å². The van der Waals surface area contributed by atoms with Gasteiger partial charge in [0.2, 0.25) is 0 Å². The molecule has 0 aromatic heterocycles. The minimum absolute atomic E-state index is 0.118. The van der Waals surface area contributed by atoms with Gasteiger partial charge in [-0.3, -0.25) is 0 Å². The average Bonchev–Trinajstić information content (AvgIpc) is 2.56. The van der Waals surface area contributed by atoms with Gasteiger partial charge in [0.25, 0.3) is 0 Å². The number of nitrogens with one attached hydrogen (secondary N) is 1. The zero-order chi connectivity index (χ0) is 10.8. The second-order valence-corrected chi connectivity index (χ2v) is 3.81. The molecule has 0 spiro atoms. The van der Waals surface area contributed by atoms with Gasteiger partial charge >= 0.3 is 0 Å². The van der Waals surface area contributed by atoms with Crippen molar-refractivity contribution in [2.24, 2.45) is 0 Å². The Morgan fingerprint density at radius 3 is 2.93 bits per heavy atom. The Labute approximate surface area is 90.3 Å². The van der Waals surface area contributed by atoms with E-state index in [0.29, 0.717) is 0 Å². The second-order valence-electron chi connectivity index (χ2n) is 3.81. The number of benzene rings is 1. The highest BCUT2D eigenvalue weighted by atomic mass is 16.6. The molecule has 2 unspecified atom stereocenters. The lowest BCUT2D eigenvalue weighted by atomic mass is 10.0. The summed E-state index contributed by atoms with van der Waals surface area (Å²) in [5.41, 5.74) is 5.44. The van der Waals surface area contributed by atoms with E-state index in [0.717, 1.165) is 12.2 Å². The second kappa shape index (κ2) is 4.21. The molecule has 0 bridgehead atoms. The first-order valence-corrected chi connectivity index (χ1v) is 5.34. The summed E-state index contributed by atoms with van der Waals surface area (Å²) in [5, 5.41) is 0. The zero-order valence-corrected chi connectivity index (χ0v) is 9.41. The van der Waals surface area contributed by atoms with Crippen LogP contribution in [-0.2, 0) is 11.3 Å². The van der Waals surface area contributed by atoms with Crippen LogP contribution in [0.15, 0.2) is 18.2 Å². The first-order chi connectivity index (χ1) is 7.27. The normalized spacial score (nSPS) is 23.7. The molecule has 15 heavy (non-hydrogen) atoms. The fourth-order valence-corrected chi connectivity index (χ4v) is 2.06. The number of ether oxygens (including phenoxy) is 1. The molecule has 1 N–H and O–H groups in total. The van der Waals surface area contributed by atoms with Crippen LogP contribution in [0.4, 0.5) is 0 Å². The Bertz CT molecular complexity index is 351. The van der Waals surface area contributed by atoms with Crippen LogP contribution in [0.3, 0.4) is 0 Å². The van der Waals surface area contributed by atoms with Crippen molar-refractivity contribution in [2.75, 3.05) is 7.11 Å². The molecule has 3 nitrogen and oxygen atoms in total. The number of hydrogen-bond acceptors (Lipinski definition) is 3. The number of hydroxylamine groups is 1. The predicted molar refractivity (Wildman–Crippen MR) is 58.8 cm³/mol. The highest BCUT2D eigenvalue weighted by molar-refractivity contribution is 5.46. The standard InChI is InChI=1S/C12H17NO2/c1-4-9-6-5-7-10-11(13-14-3)8(2)15-12(9)10/h5-8,11,13H,4H2,1-3H3. The fraction of sp³-hybridized carbons (Fsp3) is 0.500. The first-order valence-electron chi connectivity index (χ1n) is 5.34. The molecule has 0 saturated carbocycles. The van der Waals surface area contributed by atoms with Crippen LogP contribution >= 0.6 is 0 Å². The monoisotopic (exact) mass is 207 g/mol. The molecule has 1 aliphatic heterocycles. The molecule has 0 aliphatic carbocycles. The van der Waals surface area contributed by atoms with E-state index >= 15 is 0 Å². The molecule has 1 aromatic rings. The highest BCUT2D eigenvalue weighted by Crippen LogP contribution is 2.39. The van der Waals surface area contributed by atoms with E-state index in [1.807, 2.05) is 0 Å². The maximum absolute atomic E-state index is 5.85. The molecule has 0 amide bonds. The van der Waals surface area contributed by atoms with Crippen molar-refractivity contribution < 1.29 is 9.57 Å². The van der Waals surface area contributed by atoms with Gasteiger partial charge in [-0.2, -0.15) is 5.48 Å². The third kappa shape index (κ3) is 1.73. The number of para-hydroxylation sites is 1. The summed E-state index contributed by atoms with van der Waals surface area (Å²) in [6.45, 7) is 4.19. The summed E-state index contributed by atoms with van der Waals surface area (Å²) in [6, 6.07) is 6.41. The quantitative estimate of drug-likeness (QED) is 0.771. The number of hydrogen-bond donors (Lipinski definition) is 1. The molecular weight excluding hydrogens is 190 g/mol. The van der Waals surface area contributed by atoms with Gasteiger partial charge < -0.3 is 9.57 Å². The summed E-state index contributed by atoms with van der Waals surface area (Å²) in [5.74, 6) is 1.03. The Morgan fingerprint density at radius 2 is 2.27 bits per heavy atom. The molecule has 3 heteroatoms. The van der Waals surface area contributed by atoms with Crippen LogP contribution in [0, 0.1) is 0 Å². The SMILES string of the molecule is CCc1cccc2c1OC(C)C2NOC. The molecule has 0 radical (unpaired) electrons. The summed E-state index contributed by atoms with van der Waals surface area (Å²) < 4.78 is 5.85. The minimum atomic E-state index is 0.118. The number of aryl methyl sites for hydroxylation is 1. The van der Waals surface area contributed by atoms with Gasteiger partial charge in [-0.1, -0.05) is 25.1 Å². The zero-order valence-electron chi connectivity index (χ0n) is 9.41. The van der Waals surface area contributed by atoms with Crippen molar-refractivity contribution in [3.8, 4) is 5.75 Å². The van der Waals surface area contributed by atoms with E-state index in [-0.39, 0.29) is 12.1 Å². The summed E-state index contributed by atoms with van der Waals surface area (Å²) >= 11 is 0. The Morgan fingerprint density at radius 1 is 1.47 bits per heavy atom. The van der Waals surface area contributed by atoms with Crippen molar-refractivity contribution in [1.82, 2.24) is 5.48 Å². The molecule has 1 aromatic carbocycles. The molecule has 2 rings (SSSR count). The van der Waals surface area contributed by atoms with Gasteiger partial charge in [-0.15, -0.1) is 0 Å². The molecule has 82 valence electrons. The Kier molecular flexibility index (Phi) is 2.93. The van der Waals surface area contributed by atoms with Gasteiger partial charge in [-0.25, -0.2) is 0 Å². The van der Waals surface area contributed by atoms with Gasteiger partial charge in [-0.05, 0) is 18.9 Å². The molecule has 2 atom stereocenters. The van der Waals surface area contributed by atoms with E-state index in [1.54, 1.807) is 7.11 Å². The van der Waals surface area contributed by atoms with E-state index in [9.17, 15) is 0 Å². The third-order valence-electron chi connectivity index (χ3n) is 2.86. The van der Waals surface area contributed by atoms with Crippen LogP contribution in [0.25, 0.3) is 0 Å². The highest BCUT2D eigenvalue weighted by Gasteiger charge is 2.32. The van der Waals surface area contributed by atoms with Crippen LogP contribution in [0.1, 0.15) is 31.0 Å². The molecule has 0 saturated heterocycles. The maximum Gasteiger partial charge on any atom is 0.127 e. The Hall–Kier alpha value is -1.06. The van der Waals surface area contributed by atoms with E-state index < -0.39 is 0 Å². The molecular formula is C12H17NO2. The fourth-order valence-electron chi connectivity index (χ4n) is 2.06. The number of fused-ring (bicyclic) bond motifs is 1. The van der Waals surface area contributed by atoms with Crippen LogP contribution in [-0.4, -0.2) is 13.2 Å². The summed E-state index contributed by atoms with van der Waals surface area (Å²) in [6.07, 6.45) is 1.11. The van der Waals surface area contributed by atoms with Gasteiger partial charge in [0.1, 0.15) is 11.9 Å². The largest absolute Gasteiger partial charge is 0.488 e. The van der Waals surface area contributed by atoms with E-state index in [2.05, 4.69) is 37.5 Å². The summed E-state index contributed by atoms with van der Waals surface area (Å²) in [4.78, 5) is 5.00. The topological polar surface area (TPSA) is 30.5 Å². The van der Waals surface area contributed by atoms with Crippen molar-refractivity contribution in [1.29, 1.82) is 0 Å². The lowest BCUT2D eigenvalue weighted by Gasteiger charge is -2.14. The minimum Gasteiger partial charge on any atom is -0.488 e. The molecule has 1 aliphatic rings. The van der Waals surface area contributed by atoms with Crippen molar-refractivity contribution in [2.45, 2.75) is 32.4 Å².